The first-order valence-corrected chi connectivity index (χ1v) is 7.14. The van der Waals surface area contributed by atoms with Crippen LogP contribution in [0.3, 0.4) is 0 Å². The molecular formula is C14H17FN2O3S. The predicted octanol–water partition coefficient (Wildman–Crippen LogP) is 1.09. The summed E-state index contributed by atoms with van der Waals surface area (Å²) in [6.45, 7) is 2.93. The number of likely N-dealkylation sites (N-methyl/N-ethyl adjacent to an activating group) is 1. The molecule has 21 heavy (non-hydrogen) atoms. The van der Waals surface area contributed by atoms with Gasteiger partial charge in [-0.2, -0.15) is 0 Å². The minimum atomic E-state index is -0.742. The van der Waals surface area contributed by atoms with Gasteiger partial charge in [0.2, 0.25) is 5.91 Å². The van der Waals surface area contributed by atoms with Gasteiger partial charge in [0.1, 0.15) is 11.9 Å². The highest BCUT2D eigenvalue weighted by molar-refractivity contribution is 7.80. The number of amides is 2. The smallest absolute Gasteiger partial charge is 0.257 e. The summed E-state index contributed by atoms with van der Waals surface area (Å²) in [7, 11) is 0. The van der Waals surface area contributed by atoms with E-state index >= 15 is 0 Å². The monoisotopic (exact) mass is 312 g/mol. The van der Waals surface area contributed by atoms with Crippen molar-refractivity contribution in [2.75, 3.05) is 26.3 Å². The molecule has 1 fully saturated rings. The van der Waals surface area contributed by atoms with Gasteiger partial charge in [-0.15, -0.1) is 12.6 Å². The van der Waals surface area contributed by atoms with Crippen LogP contribution in [0.15, 0.2) is 23.1 Å². The third kappa shape index (κ3) is 3.54. The van der Waals surface area contributed by atoms with Crippen molar-refractivity contribution < 1.29 is 18.7 Å². The largest absolute Gasteiger partial charge is 0.377 e. The predicted molar refractivity (Wildman–Crippen MR) is 78.0 cm³/mol. The first-order chi connectivity index (χ1) is 10.0. The third-order valence-electron chi connectivity index (χ3n) is 3.22. The van der Waals surface area contributed by atoms with Crippen LogP contribution in [0.25, 0.3) is 0 Å². The lowest BCUT2D eigenvalue weighted by atomic mass is 10.1. The molecule has 0 aromatic heterocycles. The van der Waals surface area contributed by atoms with Crippen molar-refractivity contribution >= 4 is 24.4 Å². The molecule has 2 rings (SSSR count). The number of nitrogens with one attached hydrogen (secondary N) is 1. The fraction of sp³-hybridized carbons (Fsp3) is 0.429. The molecule has 1 aromatic carbocycles. The summed E-state index contributed by atoms with van der Waals surface area (Å²) in [5, 5.41) is 2.66. The van der Waals surface area contributed by atoms with Crippen LogP contribution in [0.5, 0.6) is 0 Å². The van der Waals surface area contributed by atoms with Crippen molar-refractivity contribution in [2.45, 2.75) is 17.9 Å². The molecule has 2 amide bonds. The zero-order chi connectivity index (χ0) is 15.4. The van der Waals surface area contributed by atoms with Crippen LogP contribution in [0.1, 0.15) is 17.3 Å². The van der Waals surface area contributed by atoms with E-state index in [0.717, 1.165) is 0 Å². The van der Waals surface area contributed by atoms with E-state index in [0.29, 0.717) is 18.0 Å². The Morgan fingerprint density at radius 2 is 2.29 bits per heavy atom. The molecule has 1 atom stereocenters. The van der Waals surface area contributed by atoms with Gasteiger partial charge in [0, 0.05) is 18.0 Å². The molecule has 0 bridgehead atoms. The second kappa shape index (κ2) is 6.91. The summed E-state index contributed by atoms with van der Waals surface area (Å²) >= 11 is 4.12. The van der Waals surface area contributed by atoms with Gasteiger partial charge in [-0.3, -0.25) is 9.59 Å². The number of carbonyl (C=O) groups excluding carboxylic acids is 2. The lowest BCUT2D eigenvalue weighted by Gasteiger charge is -2.34. The maximum Gasteiger partial charge on any atom is 0.257 e. The molecule has 0 radical (unpaired) electrons. The van der Waals surface area contributed by atoms with E-state index in [2.05, 4.69) is 17.9 Å². The number of nitrogens with zero attached hydrogens (tertiary/aromatic N) is 1. The molecule has 114 valence electrons. The quantitative estimate of drug-likeness (QED) is 0.822. The molecule has 1 N–H and O–H groups in total. The Morgan fingerprint density at radius 3 is 3.00 bits per heavy atom. The number of halogens is 1. The van der Waals surface area contributed by atoms with Crippen molar-refractivity contribution in [3.05, 3.63) is 29.6 Å². The Kier molecular flexibility index (Phi) is 5.19. The number of hydrogen-bond acceptors (Lipinski definition) is 4. The first kappa shape index (κ1) is 15.8. The first-order valence-electron chi connectivity index (χ1n) is 6.69. The van der Waals surface area contributed by atoms with Crippen molar-refractivity contribution in [2.24, 2.45) is 0 Å². The van der Waals surface area contributed by atoms with Gasteiger partial charge in [0.15, 0.2) is 0 Å². The van der Waals surface area contributed by atoms with Crippen LogP contribution in [-0.4, -0.2) is 49.1 Å². The maximum absolute atomic E-state index is 13.8. The molecular weight excluding hydrogens is 295 g/mol. The van der Waals surface area contributed by atoms with Crippen LogP contribution >= 0.6 is 12.6 Å². The molecule has 0 saturated carbocycles. The van der Waals surface area contributed by atoms with Gasteiger partial charge in [-0.25, -0.2) is 4.39 Å². The van der Waals surface area contributed by atoms with E-state index in [9.17, 15) is 14.0 Å². The molecule has 0 spiro atoms. The Bertz CT molecular complexity index is 553. The van der Waals surface area contributed by atoms with Gasteiger partial charge < -0.3 is 15.0 Å². The number of rotatable bonds is 3. The van der Waals surface area contributed by atoms with E-state index in [1.54, 1.807) is 6.92 Å². The summed E-state index contributed by atoms with van der Waals surface area (Å²) in [5.41, 5.74) is -0.0845. The second-order valence-electron chi connectivity index (χ2n) is 4.65. The van der Waals surface area contributed by atoms with E-state index in [-0.39, 0.29) is 24.6 Å². The standard InChI is InChI=1S/C14H17FN2O3S/c1-2-16-13(18)12-8-20-6-5-17(12)14(19)10-7-9(21)3-4-11(10)15/h3-4,7,12,21H,2,5-6,8H2,1H3,(H,16,18). The number of ether oxygens (including phenoxy) is 1. The Morgan fingerprint density at radius 1 is 1.52 bits per heavy atom. The summed E-state index contributed by atoms with van der Waals surface area (Å²) in [6, 6.07) is 3.28. The van der Waals surface area contributed by atoms with Gasteiger partial charge in [0.25, 0.3) is 5.91 Å². The number of morpholine rings is 1. The van der Waals surface area contributed by atoms with Crippen LogP contribution in [0, 0.1) is 5.82 Å². The summed E-state index contributed by atoms with van der Waals surface area (Å²) in [5.74, 6) is -1.45. The number of carbonyl (C=O) groups is 2. The van der Waals surface area contributed by atoms with Crippen molar-refractivity contribution in [1.82, 2.24) is 10.2 Å². The van der Waals surface area contributed by atoms with Crippen LogP contribution < -0.4 is 5.32 Å². The van der Waals surface area contributed by atoms with Crippen LogP contribution in [0.4, 0.5) is 4.39 Å². The normalized spacial score (nSPS) is 18.4. The number of benzene rings is 1. The average Bonchev–Trinajstić information content (AvgIpc) is 2.49. The fourth-order valence-electron chi connectivity index (χ4n) is 2.19. The van der Waals surface area contributed by atoms with Crippen LogP contribution in [-0.2, 0) is 9.53 Å². The Hall–Kier alpha value is -1.60. The topological polar surface area (TPSA) is 58.6 Å². The van der Waals surface area contributed by atoms with Gasteiger partial charge in [-0.05, 0) is 25.1 Å². The zero-order valence-electron chi connectivity index (χ0n) is 11.6. The SMILES string of the molecule is CCNC(=O)C1COCCN1C(=O)c1cc(S)ccc1F. The summed E-state index contributed by atoms with van der Waals surface area (Å²) in [6.07, 6.45) is 0. The van der Waals surface area contributed by atoms with Gasteiger partial charge in [-0.1, -0.05) is 0 Å². The Labute approximate surface area is 127 Å². The molecule has 1 aliphatic rings. The molecule has 0 aliphatic carbocycles. The fourth-order valence-corrected chi connectivity index (χ4v) is 2.39. The molecule has 1 heterocycles. The van der Waals surface area contributed by atoms with E-state index in [4.69, 9.17) is 4.74 Å². The summed E-state index contributed by atoms with van der Waals surface area (Å²) < 4.78 is 19.1. The van der Waals surface area contributed by atoms with Crippen LogP contribution in [0.2, 0.25) is 0 Å². The number of thiol groups is 1. The molecule has 1 aliphatic heterocycles. The van der Waals surface area contributed by atoms with E-state index in [1.807, 2.05) is 0 Å². The zero-order valence-corrected chi connectivity index (χ0v) is 12.5. The summed E-state index contributed by atoms with van der Waals surface area (Å²) in [4.78, 5) is 26.3. The lowest BCUT2D eigenvalue weighted by molar-refractivity contribution is -0.130. The highest BCUT2D eigenvalue weighted by Gasteiger charge is 2.34. The second-order valence-corrected chi connectivity index (χ2v) is 5.16. The Balaban J connectivity index is 2.26. The van der Waals surface area contributed by atoms with E-state index < -0.39 is 17.8 Å². The van der Waals surface area contributed by atoms with Crippen molar-refractivity contribution in [3.8, 4) is 0 Å². The van der Waals surface area contributed by atoms with Crippen molar-refractivity contribution in [1.29, 1.82) is 0 Å². The number of hydrogen-bond donors (Lipinski definition) is 2. The third-order valence-corrected chi connectivity index (χ3v) is 3.50. The average molecular weight is 312 g/mol. The molecule has 1 saturated heterocycles. The van der Waals surface area contributed by atoms with Gasteiger partial charge >= 0.3 is 0 Å². The van der Waals surface area contributed by atoms with Crippen molar-refractivity contribution in [3.63, 3.8) is 0 Å². The highest BCUT2D eigenvalue weighted by Crippen LogP contribution is 2.18. The molecule has 1 aromatic rings. The minimum absolute atomic E-state index is 0.0845. The molecule has 7 heteroatoms. The minimum Gasteiger partial charge on any atom is -0.377 e. The lowest BCUT2D eigenvalue weighted by Crippen LogP contribution is -2.56. The van der Waals surface area contributed by atoms with E-state index in [1.165, 1.54) is 23.1 Å². The maximum atomic E-state index is 13.8. The molecule has 5 nitrogen and oxygen atoms in total. The van der Waals surface area contributed by atoms with Gasteiger partial charge in [0.05, 0.1) is 18.8 Å². The highest BCUT2D eigenvalue weighted by atomic mass is 32.1. The molecule has 1 unspecified atom stereocenters.